The molecule has 0 heterocycles. The normalized spacial score (nSPS) is 13.0. The average molecular weight is 186 g/mol. The maximum atomic E-state index is 11.3. The Morgan fingerprint density at radius 1 is 1.15 bits per heavy atom. The molecule has 0 saturated carbocycles. The van der Waals surface area contributed by atoms with Crippen molar-refractivity contribution in [3.63, 3.8) is 0 Å². The zero-order chi connectivity index (χ0) is 10.8. The molecular weight excluding hydrogens is 164 g/mol. The van der Waals surface area contributed by atoms with Crippen LogP contribution in [0.4, 0.5) is 0 Å². The van der Waals surface area contributed by atoms with E-state index in [1.165, 1.54) is 0 Å². The predicted octanol–water partition coefficient (Wildman–Crippen LogP) is 1.37. The van der Waals surface area contributed by atoms with Crippen molar-refractivity contribution in [2.75, 3.05) is 0 Å². The summed E-state index contributed by atoms with van der Waals surface area (Å²) in [6.45, 7) is 12.0. The molecule has 0 atom stereocenters. The van der Waals surface area contributed by atoms with Gasteiger partial charge in [-0.2, -0.15) is 0 Å². The van der Waals surface area contributed by atoms with E-state index in [9.17, 15) is 4.79 Å². The van der Waals surface area contributed by atoms with Gasteiger partial charge in [-0.3, -0.25) is 9.69 Å². The van der Waals surface area contributed by atoms with E-state index in [0.29, 0.717) is 12.1 Å². The van der Waals surface area contributed by atoms with Gasteiger partial charge < -0.3 is 5.73 Å². The molecule has 0 radical (unpaired) electrons. The van der Waals surface area contributed by atoms with Crippen LogP contribution in [0.5, 0.6) is 0 Å². The van der Waals surface area contributed by atoms with Gasteiger partial charge in [-0.05, 0) is 41.5 Å². The van der Waals surface area contributed by atoms with E-state index in [1.54, 1.807) is 0 Å². The number of nitrogens with two attached hydrogens (primary N) is 1. The highest BCUT2D eigenvalue weighted by Gasteiger charge is 2.35. The van der Waals surface area contributed by atoms with Crippen LogP contribution in [0.2, 0.25) is 0 Å². The zero-order valence-corrected chi connectivity index (χ0v) is 9.59. The van der Waals surface area contributed by atoms with Gasteiger partial charge in [0.2, 0.25) is 5.91 Å². The molecule has 3 heteroatoms. The van der Waals surface area contributed by atoms with Crippen molar-refractivity contribution in [3.05, 3.63) is 0 Å². The van der Waals surface area contributed by atoms with Gasteiger partial charge in [-0.1, -0.05) is 0 Å². The quantitative estimate of drug-likeness (QED) is 0.720. The van der Waals surface area contributed by atoms with Gasteiger partial charge in [0.1, 0.15) is 0 Å². The maximum Gasteiger partial charge on any atom is 0.237 e. The third-order valence-electron chi connectivity index (χ3n) is 2.36. The molecule has 0 bridgehead atoms. The van der Waals surface area contributed by atoms with Gasteiger partial charge in [0.25, 0.3) is 0 Å². The molecule has 0 fully saturated rings. The summed E-state index contributed by atoms with van der Waals surface area (Å²) in [5.41, 5.74) is 4.80. The van der Waals surface area contributed by atoms with Crippen molar-refractivity contribution in [2.45, 2.75) is 59.2 Å². The van der Waals surface area contributed by atoms with Crippen molar-refractivity contribution < 1.29 is 4.79 Å². The van der Waals surface area contributed by atoms with Crippen LogP contribution in [0, 0.1) is 0 Å². The highest BCUT2D eigenvalue weighted by molar-refractivity contribution is 5.83. The number of nitrogens with zero attached hydrogens (tertiary/aromatic N) is 1. The smallest absolute Gasteiger partial charge is 0.237 e. The fraction of sp³-hybridized carbons (Fsp3) is 0.900. The van der Waals surface area contributed by atoms with E-state index in [0.717, 1.165) is 0 Å². The van der Waals surface area contributed by atoms with E-state index in [-0.39, 0.29) is 5.91 Å². The Labute approximate surface area is 81.3 Å². The van der Waals surface area contributed by atoms with Crippen LogP contribution in [0.25, 0.3) is 0 Å². The first-order valence-corrected chi connectivity index (χ1v) is 4.79. The lowest BCUT2D eigenvalue weighted by atomic mass is 9.98. The van der Waals surface area contributed by atoms with Crippen LogP contribution in [-0.2, 0) is 4.79 Å². The Balaban J connectivity index is 4.83. The summed E-state index contributed by atoms with van der Waals surface area (Å²) < 4.78 is 0. The van der Waals surface area contributed by atoms with Gasteiger partial charge >= 0.3 is 0 Å². The number of carbonyl (C=O) groups excluding carboxylic acids is 1. The molecule has 0 aliphatic heterocycles. The number of hydrogen-bond donors (Lipinski definition) is 1. The molecule has 0 aromatic heterocycles. The molecule has 0 rings (SSSR count). The Hall–Kier alpha value is -0.570. The van der Waals surface area contributed by atoms with Crippen molar-refractivity contribution in [1.29, 1.82) is 0 Å². The SMILES string of the molecule is CC(C)N(C(C)C)C(C)(C)C(N)=O. The van der Waals surface area contributed by atoms with Crippen LogP contribution >= 0.6 is 0 Å². The Bertz CT molecular complexity index is 177. The summed E-state index contributed by atoms with van der Waals surface area (Å²) in [5, 5.41) is 0. The molecule has 0 aromatic carbocycles. The summed E-state index contributed by atoms with van der Waals surface area (Å²) >= 11 is 0. The Kier molecular flexibility index (Phi) is 3.91. The summed E-state index contributed by atoms with van der Waals surface area (Å²) in [7, 11) is 0. The highest BCUT2D eigenvalue weighted by Crippen LogP contribution is 2.20. The van der Waals surface area contributed by atoms with E-state index in [1.807, 2.05) is 13.8 Å². The number of primary amides is 1. The Morgan fingerprint density at radius 3 is 1.54 bits per heavy atom. The fourth-order valence-electron chi connectivity index (χ4n) is 2.01. The molecule has 13 heavy (non-hydrogen) atoms. The summed E-state index contributed by atoms with van der Waals surface area (Å²) in [6.07, 6.45) is 0. The van der Waals surface area contributed by atoms with Gasteiger partial charge in [0, 0.05) is 12.1 Å². The number of rotatable bonds is 4. The molecule has 0 saturated heterocycles. The molecule has 3 nitrogen and oxygen atoms in total. The second-order valence-electron chi connectivity index (χ2n) is 4.52. The molecular formula is C10H22N2O. The molecule has 0 aliphatic rings. The van der Waals surface area contributed by atoms with E-state index < -0.39 is 5.54 Å². The van der Waals surface area contributed by atoms with Crippen molar-refractivity contribution in [2.24, 2.45) is 5.73 Å². The van der Waals surface area contributed by atoms with E-state index in [2.05, 4.69) is 32.6 Å². The van der Waals surface area contributed by atoms with Crippen LogP contribution in [0.1, 0.15) is 41.5 Å². The molecule has 0 unspecified atom stereocenters. The zero-order valence-electron chi connectivity index (χ0n) is 9.59. The molecule has 2 N–H and O–H groups in total. The van der Waals surface area contributed by atoms with Crippen LogP contribution in [0.15, 0.2) is 0 Å². The van der Waals surface area contributed by atoms with Gasteiger partial charge in [0.15, 0.2) is 0 Å². The second-order valence-corrected chi connectivity index (χ2v) is 4.52. The molecule has 0 aliphatic carbocycles. The van der Waals surface area contributed by atoms with Crippen LogP contribution in [0.3, 0.4) is 0 Å². The van der Waals surface area contributed by atoms with Crippen molar-refractivity contribution in [3.8, 4) is 0 Å². The van der Waals surface area contributed by atoms with Crippen LogP contribution in [-0.4, -0.2) is 28.4 Å². The summed E-state index contributed by atoms with van der Waals surface area (Å²) in [4.78, 5) is 13.4. The predicted molar refractivity (Wildman–Crippen MR) is 55.4 cm³/mol. The number of hydrogen-bond acceptors (Lipinski definition) is 2. The average Bonchev–Trinajstić information content (AvgIpc) is 1.82. The third kappa shape index (κ3) is 2.69. The lowest BCUT2D eigenvalue weighted by molar-refractivity contribution is -0.131. The largest absolute Gasteiger partial charge is 0.368 e. The minimum Gasteiger partial charge on any atom is -0.368 e. The monoisotopic (exact) mass is 186 g/mol. The van der Waals surface area contributed by atoms with E-state index in [4.69, 9.17) is 5.73 Å². The number of carbonyl (C=O) groups is 1. The fourth-order valence-corrected chi connectivity index (χ4v) is 2.01. The standard InChI is InChI=1S/C10H22N2O/c1-7(2)12(8(3)4)10(5,6)9(11)13/h7-8H,1-6H3,(H2,11,13). The second kappa shape index (κ2) is 4.09. The summed E-state index contributed by atoms with van der Waals surface area (Å²) in [5.74, 6) is -0.269. The number of amides is 1. The minimum absolute atomic E-state index is 0.269. The molecule has 0 spiro atoms. The topological polar surface area (TPSA) is 46.3 Å². The minimum atomic E-state index is -0.567. The molecule has 78 valence electrons. The van der Waals surface area contributed by atoms with Gasteiger partial charge in [0.05, 0.1) is 5.54 Å². The lowest BCUT2D eigenvalue weighted by Crippen LogP contribution is -2.58. The van der Waals surface area contributed by atoms with Gasteiger partial charge in [-0.25, -0.2) is 0 Å². The van der Waals surface area contributed by atoms with Crippen LogP contribution < -0.4 is 5.73 Å². The van der Waals surface area contributed by atoms with Crippen molar-refractivity contribution >= 4 is 5.91 Å². The Morgan fingerprint density at radius 2 is 1.46 bits per heavy atom. The molecule has 1 amide bonds. The first kappa shape index (κ1) is 12.4. The van der Waals surface area contributed by atoms with Gasteiger partial charge in [-0.15, -0.1) is 0 Å². The maximum absolute atomic E-state index is 11.3. The highest BCUT2D eigenvalue weighted by atomic mass is 16.1. The van der Waals surface area contributed by atoms with Crippen molar-refractivity contribution in [1.82, 2.24) is 4.90 Å². The lowest BCUT2D eigenvalue weighted by Gasteiger charge is -2.42. The third-order valence-corrected chi connectivity index (χ3v) is 2.36. The molecule has 0 aromatic rings. The summed E-state index contributed by atoms with van der Waals surface area (Å²) in [6, 6.07) is 0.644. The first-order chi connectivity index (χ1) is 5.71. The first-order valence-electron chi connectivity index (χ1n) is 4.79. The van der Waals surface area contributed by atoms with E-state index >= 15 is 0 Å².